The maximum atomic E-state index is 7.51. The first-order valence-corrected chi connectivity index (χ1v) is 5.41. The summed E-state index contributed by atoms with van der Waals surface area (Å²) in [5.74, 6) is 0.856. The summed E-state index contributed by atoms with van der Waals surface area (Å²) in [7, 11) is 1.81. The normalized spacial score (nSPS) is 10.4. The Bertz CT molecular complexity index is 368. The molecule has 90 valence electrons. The third kappa shape index (κ3) is 2.52. The van der Waals surface area contributed by atoms with Crippen molar-refractivity contribution in [2.45, 2.75) is 26.3 Å². The lowest BCUT2D eigenvalue weighted by atomic mass is 10.2. The number of rotatable bonds is 6. The first-order chi connectivity index (χ1) is 7.61. The van der Waals surface area contributed by atoms with Gasteiger partial charge in [0, 0.05) is 13.6 Å². The van der Waals surface area contributed by atoms with Gasteiger partial charge in [-0.05, 0) is 26.3 Å². The maximum Gasteiger partial charge on any atom is 0.135 e. The molecular formula is C10H20N6. The monoisotopic (exact) mass is 224 g/mol. The predicted octanol–water partition coefficient (Wildman–Crippen LogP) is 0.256. The third-order valence-electron chi connectivity index (χ3n) is 2.46. The van der Waals surface area contributed by atoms with Crippen LogP contribution in [0.15, 0.2) is 0 Å². The molecular weight excluding hydrogens is 204 g/mol. The lowest BCUT2D eigenvalue weighted by molar-refractivity contribution is 0.563. The van der Waals surface area contributed by atoms with Crippen LogP contribution in [0.4, 0.5) is 5.82 Å². The van der Waals surface area contributed by atoms with E-state index in [1.165, 1.54) is 0 Å². The Morgan fingerprint density at radius 3 is 2.69 bits per heavy atom. The Morgan fingerprint density at radius 2 is 2.19 bits per heavy atom. The number of aryl methyl sites for hydroxylation is 2. The summed E-state index contributed by atoms with van der Waals surface area (Å²) < 4.78 is 1.85. The molecule has 0 amide bonds. The molecule has 1 aromatic heterocycles. The highest BCUT2D eigenvalue weighted by Crippen LogP contribution is 2.18. The molecule has 6 nitrogen and oxygen atoms in total. The van der Waals surface area contributed by atoms with Crippen LogP contribution in [-0.2, 0) is 6.54 Å². The highest BCUT2D eigenvalue weighted by atomic mass is 15.3. The van der Waals surface area contributed by atoms with Crippen LogP contribution in [0.25, 0.3) is 0 Å². The minimum atomic E-state index is 0.0481. The van der Waals surface area contributed by atoms with Crippen LogP contribution in [0.1, 0.15) is 24.1 Å². The number of nitrogens with zero attached hydrogens (tertiary/aromatic N) is 2. The van der Waals surface area contributed by atoms with Crippen LogP contribution in [-0.4, -0.2) is 29.2 Å². The number of nitrogen functional groups attached to an aromatic ring is 1. The van der Waals surface area contributed by atoms with Crippen LogP contribution in [0.5, 0.6) is 0 Å². The first-order valence-electron chi connectivity index (χ1n) is 5.41. The number of unbranched alkanes of at least 4 members (excludes halogenated alkanes) is 1. The van der Waals surface area contributed by atoms with Gasteiger partial charge in [0.15, 0.2) is 0 Å². The Morgan fingerprint density at radius 1 is 1.50 bits per heavy atom. The first kappa shape index (κ1) is 12.5. The van der Waals surface area contributed by atoms with E-state index in [4.69, 9.17) is 16.9 Å². The van der Waals surface area contributed by atoms with E-state index in [2.05, 4.69) is 10.4 Å². The summed E-state index contributed by atoms with van der Waals surface area (Å²) in [4.78, 5) is 0. The molecule has 16 heavy (non-hydrogen) atoms. The minimum absolute atomic E-state index is 0.0481. The smallest absolute Gasteiger partial charge is 0.135 e. The molecule has 0 aliphatic heterocycles. The Labute approximate surface area is 95.5 Å². The zero-order valence-corrected chi connectivity index (χ0v) is 9.88. The van der Waals surface area contributed by atoms with Crippen LogP contribution in [0.2, 0.25) is 0 Å². The van der Waals surface area contributed by atoms with E-state index >= 15 is 0 Å². The van der Waals surface area contributed by atoms with Crippen molar-refractivity contribution in [1.82, 2.24) is 9.78 Å². The molecule has 0 spiro atoms. The van der Waals surface area contributed by atoms with Gasteiger partial charge in [-0.1, -0.05) is 0 Å². The zero-order chi connectivity index (χ0) is 12.1. The fraction of sp³-hybridized carbons (Fsp3) is 0.600. The molecule has 6 heteroatoms. The zero-order valence-electron chi connectivity index (χ0n) is 9.88. The van der Waals surface area contributed by atoms with Crippen LogP contribution in [0.3, 0.4) is 0 Å². The largest absolute Gasteiger partial charge is 0.384 e. The molecule has 0 radical (unpaired) electrons. The number of amidine groups is 1. The molecule has 0 bridgehead atoms. The second-order valence-corrected chi connectivity index (χ2v) is 3.69. The molecule has 0 saturated heterocycles. The van der Waals surface area contributed by atoms with Gasteiger partial charge >= 0.3 is 0 Å². The van der Waals surface area contributed by atoms with Gasteiger partial charge in [0.2, 0.25) is 0 Å². The summed E-state index contributed by atoms with van der Waals surface area (Å²) in [6.07, 6.45) is 1.95. The number of hydrogen-bond donors (Lipinski definition) is 4. The molecule has 0 unspecified atom stereocenters. The third-order valence-corrected chi connectivity index (χ3v) is 2.46. The molecule has 1 heterocycles. The van der Waals surface area contributed by atoms with Gasteiger partial charge < -0.3 is 16.8 Å². The Balaban J connectivity index is 2.92. The second-order valence-electron chi connectivity index (χ2n) is 3.69. The van der Waals surface area contributed by atoms with Crippen molar-refractivity contribution in [2.24, 2.45) is 11.5 Å². The van der Waals surface area contributed by atoms with Gasteiger partial charge in [0.1, 0.15) is 11.7 Å². The number of aromatic nitrogens is 2. The van der Waals surface area contributed by atoms with Crippen molar-refractivity contribution >= 4 is 11.7 Å². The Kier molecular flexibility index (Phi) is 4.30. The van der Waals surface area contributed by atoms with Crippen LogP contribution >= 0.6 is 0 Å². The van der Waals surface area contributed by atoms with Crippen molar-refractivity contribution in [1.29, 1.82) is 5.41 Å². The fourth-order valence-corrected chi connectivity index (χ4v) is 1.73. The molecule has 1 rings (SSSR count). The van der Waals surface area contributed by atoms with Gasteiger partial charge in [0.05, 0.1) is 11.3 Å². The van der Waals surface area contributed by atoms with Gasteiger partial charge in [-0.2, -0.15) is 5.10 Å². The average molecular weight is 224 g/mol. The van der Waals surface area contributed by atoms with E-state index in [0.29, 0.717) is 12.1 Å². The van der Waals surface area contributed by atoms with Gasteiger partial charge in [0.25, 0.3) is 0 Å². The molecule has 0 aromatic carbocycles. The molecule has 0 aliphatic rings. The van der Waals surface area contributed by atoms with Crippen molar-refractivity contribution in [3.63, 3.8) is 0 Å². The maximum absolute atomic E-state index is 7.51. The SMILES string of the molecule is CNc1c(C(=N)N)c(C)nn1CCCCN. The Hall–Kier alpha value is -1.56. The van der Waals surface area contributed by atoms with Crippen molar-refractivity contribution in [2.75, 3.05) is 18.9 Å². The van der Waals surface area contributed by atoms with E-state index in [9.17, 15) is 0 Å². The van der Waals surface area contributed by atoms with E-state index in [-0.39, 0.29) is 5.84 Å². The molecule has 0 saturated carbocycles. The predicted molar refractivity (Wildman–Crippen MR) is 65.8 cm³/mol. The van der Waals surface area contributed by atoms with Gasteiger partial charge in [-0.25, -0.2) is 4.68 Å². The fourth-order valence-electron chi connectivity index (χ4n) is 1.73. The lowest BCUT2D eigenvalue weighted by Gasteiger charge is -2.07. The topological polar surface area (TPSA) is 106 Å². The number of hydrogen-bond acceptors (Lipinski definition) is 4. The molecule has 0 fully saturated rings. The van der Waals surface area contributed by atoms with E-state index < -0.39 is 0 Å². The van der Waals surface area contributed by atoms with Crippen LogP contribution in [0, 0.1) is 12.3 Å². The van der Waals surface area contributed by atoms with Gasteiger partial charge in [-0.3, -0.25) is 5.41 Å². The van der Waals surface area contributed by atoms with E-state index in [1.54, 1.807) is 0 Å². The minimum Gasteiger partial charge on any atom is -0.384 e. The lowest BCUT2D eigenvalue weighted by Crippen LogP contribution is -2.15. The number of nitrogens with two attached hydrogens (primary N) is 2. The number of anilines is 1. The molecule has 6 N–H and O–H groups in total. The van der Waals surface area contributed by atoms with Crippen LogP contribution < -0.4 is 16.8 Å². The quantitative estimate of drug-likeness (QED) is 0.316. The standard InChI is InChI=1S/C10H20N6/c1-7-8(9(12)13)10(14-2)16(15-7)6-4-3-5-11/h14H,3-6,11H2,1-2H3,(H3,12,13). The second kappa shape index (κ2) is 5.50. The summed E-state index contributed by atoms with van der Waals surface area (Å²) in [5.41, 5.74) is 12.4. The van der Waals surface area contributed by atoms with Gasteiger partial charge in [-0.15, -0.1) is 0 Å². The highest BCUT2D eigenvalue weighted by molar-refractivity contribution is 6.00. The van der Waals surface area contributed by atoms with Crippen molar-refractivity contribution in [3.8, 4) is 0 Å². The summed E-state index contributed by atoms with van der Waals surface area (Å²) in [6.45, 7) is 3.34. The van der Waals surface area contributed by atoms with Crippen molar-refractivity contribution in [3.05, 3.63) is 11.3 Å². The summed E-state index contributed by atoms with van der Waals surface area (Å²) in [5, 5.41) is 14.9. The highest BCUT2D eigenvalue weighted by Gasteiger charge is 2.15. The summed E-state index contributed by atoms with van der Waals surface area (Å²) in [6, 6.07) is 0. The summed E-state index contributed by atoms with van der Waals surface area (Å²) >= 11 is 0. The van der Waals surface area contributed by atoms with E-state index in [0.717, 1.165) is 30.9 Å². The molecule has 0 atom stereocenters. The molecule has 1 aromatic rings. The number of nitrogens with one attached hydrogen (secondary N) is 2. The average Bonchev–Trinajstić information content (AvgIpc) is 2.55. The molecule has 0 aliphatic carbocycles. The van der Waals surface area contributed by atoms with E-state index in [1.807, 2.05) is 18.7 Å². The van der Waals surface area contributed by atoms with Crippen molar-refractivity contribution < 1.29 is 0 Å².